The zero-order valence-corrected chi connectivity index (χ0v) is 22.1. The number of likely N-dealkylation sites (tertiary alicyclic amines) is 1. The molecule has 0 aromatic heterocycles. The van der Waals surface area contributed by atoms with Gasteiger partial charge in [-0.1, -0.05) is 59.2 Å². The highest BCUT2D eigenvalue weighted by molar-refractivity contribution is 8.16. The molecule has 2 heterocycles. The maximum atomic E-state index is 12.3. The van der Waals surface area contributed by atoms with Crippen molar-refractivity contribution in [2.45, 2.75) is 30.6 Å². The van der Waals surface area contributed by atoms with Gasteiger partial charge in [0.2, 0.25) is 0 Å². The smallest absolute Gasteiger partial charge is 0.253 e. The number of nitrogens with one attached hydrogen (secondary N) is 1. The van der Waals surface area contributed by atoms with Crippen molar-refractivity contribution < 1.29 is 4.79 Å². The molecule has 2 aliphatic rings. The van der Waals surface area contributed by atoms with E-state index in [2.05, 4.69) is 86.6 Å². The number of hydrogen-bond acceptors (Lipinski definition) is 4. The lowest BCUT2D eigenvalue weighted by molar-refractivity contribution is 0.0953. The van der Waals surface area contributed by atoms with Crippen LogP contribution in [0.15, 0.2) is 102 Å². The van der Waals surface area contributed by atoms with Crippen LogP contribution < -0.4 is 15.4 Å². The Morgan fingerprint density at radius 2 is 1.57 bits per heavy atom. The second-order valence-corrected chi connectivity index (χ2v) is 11.4. The van der Waals surface area contributed by atoms with Gasteiger partial charge in [-0.25, -0.2) is 0 Å². The Balaban J connectivity index is 1.10. The molecule has 1 amide bonds. The van der Waals surface area contributed by atoms with Gasteiger partial charge in [-0.3, -0.25) is 9.10 Å². The summed E-state index contributed by atoms with van der Waals surface area (Å²) in [5.41, 5.74) is 9.73. The van der Waals surface area contributed by atoms with Gasteiger partial charge >= 0.3 is 0 Å². The summed E-state index contributed by atoms with van der Waals surface area (Å²) in [5, 5.41) is 5.40. The quantitative estimate of drug-likeness (QED) is 0.212. The van der Waals surface area contributed by atoms with E-state index in [4.69, 9.17) is 5.73 Å². The number of piperidine rings is 1. The van der Waals surface area contributed by atoms with Crippen LogP contribution in [0.4, 0.5) is 11.4 Å². The molecule has 37 heavy (non-hydrogen) atoms. The molecule has 5 rings (SSSR count). The first kappa shape index (κ1) is 25.3. The Hall–Kier alpha value is -3.35. The lowest BCUT2D eigenvalue weighted by Crippen LogP contribution is -2.37. The third-order valence-electron chi connectivity index (χ3n) is 7.17. The number of rotatable bonds is 9. The molecule has 1 fully saturated rings. The van der Waals surface area contributed by atoms with Crippen LogP contribution in [0.5, 0.6) is 0 Å². The molecular formula is C31H36N4OS. The fourth-order valence-corrected chi connectivity index (χ4v) is 7.14. The number of amides is 1. The number of nitrogen functional groups attached to an aromatic ring is 1. The average molecular weight is 513 g/mol. The van der Waals surface area contributed by atoms with Gasteiger partial charge in [0.15, 0.2) is 0 Å². The number of carbonyl (C=O) groups excluding carboxylic acids is 1. The van der Waals surface area contributed by atoms with Crippen LogP contribution in [0.3, 0.4) is 0 Å². The number of unbranched alkanes of at least 4 members (excludes halogenated alkanes) is 1. The highest BCUT2D eigenvalue weighted by atomic mass is 32.2. The molecule has 1 unspecified atom stereocenters. The fourth-order valence-electron chi connectivity index (χ4n) is 5.16. The van der Waals surface area contributed by atoms with Crippen LogP contribution in [0.1, 0.15) is 36.0 Å². The number of hydrogen-bond donors (Lipinski definition) is 2. The standard InChI is InChI=1S/C31H36N4OS/c32-29-16-8-7-15-28(29)31(36)33-20-9-10-21-34-22-17-25(18-23-34)30-19-24-37(27-13-5-2-6-14-27)35(30)26-11-3-1-4-12-26/h1-8,11-16,19,24-25H,9-10,17-18,20-23,32H2,(H,33,36). The van der Waals surface area contributed by atoms with Gasteiger partial charge in [-0.15, -0.1) is 0 Å². The van der Waals surface area contributed by atoms with Crippen molar-refractivity contribution in [2.75, 3.05) is 36.2 Å². The third kappa shape index (κ3) is 6.14. The maximum Gasteiger partial charge on any atom is 0.253 e. The topological polar surface area (TPSA) is 61.6 Å². The Morgan fingerprint density at radius 3 is 2.30 bits per heavy atom. The third-order valence-corrected chi connectivity index (χ3v) is 9.14. The number of anilines is 2. The van der Waals surface area contributed by atoms with E-state index >= 15 is 0 Å². The van der Waals surface area contributed by atoms with Crippen molar-refractivity contribution in [1.29, 1.82) is 0 Å². The Morgan fingerprint density at radius 1 is 0.892 bits per heavy atom. The summed E-state index contributed by atoms with van der Waals surface area (Å²) in [7, 11) is -0.0868. The maximum absolute atomic E-state index is 12.3. The van der Waals surface area contributed by atoms with Crippen LogP contribution in [0.25, 0.3) is 0 Å². The van der Waals surface area contributed by atoms with Crippen LogP contribution in [-0.4, -0.2) is 42.4 Å². The predicted octanol–water partition coefficient (Wildman–Crippen LogP) is 5.94. The predicted molar refractivity (Wildman–Crippen MR) is 157 cm³/mol. The number of nitrogens with two attached hydrogens (primary N) is 1. The summed E-state index contributed by atoms with van der Waals surface area (Å²) < 4.78 is 2.57. The van der Waals surface area contributed by atoms with Gasteiger partial charge in [0.1, 0.15) is 0 Å². The molecule has 0 radical (unpaired) electrons. The lowest BCUT2D eigenvalue weighted by atomic mass is 9.92. The van der Waals surface area contributed by atoms with E-state index in [1.54, 1.807) is 12.1 Å². The molecule has 3 aromatic rings. The van der Waals surface area contributed by atoms with Crippen molar-refractivity contribution in [3.63, 3.8) is 0 Å². The number of carbonyl (C=O) groups is 1. The van der Waals surface area contributed by atoms with Gasteiger partial charge < -0.3 is 16.0 Å². The summed E-state index contributed by atoms with van der Waals surface area (Å²) in [5.74, 6) is 0.489. The summed E-state index contributed by atoms with van der Waals surface area (Å²) in [6.45, 7) is 4.01. The molecule has 1 atom stereocenters. The number of nitrogens with zero attached hydrogens (tertiary/aromatic N) is 2. The first-order valence-electron chi connectivity index (χ1n) is 13.2. The van der Waals surface area contributed by atoms with Crippen molar-refractivity contribution in [3.8, 4) is 0 Å². The average Bonchev–Trinajstić information content (AvgIpc) is 3.40. The fraction of sp³-hybridized carbons (Fsp3) is 0.290. The molecule has 5 nitrogen and oxygen atoms in total. The Bertz CT molecular complexity index is 1250. The van der Waals surface area contributed by atoms with Crippen molar-refractivity contribution in [2.24, 2.45) is 5.92 Å². The minimum absolute atomic E-state index is 0.0851. The van der Waals surface area contributed by atoms with E-state index in [1.165, 1.54) is 29.1 Å². The second kappa shape index (κ2) is 12.3. The molecule has 0 aliphatic carbocycles. The minimum atomic E-state index is -0.0868. The monoisotopic (exact) mass is 512 g/mol. The van der Waals surface area contributed by atoms with Crippen LogP contribution in [0.2, 0.25) is 0 Å². The molecule has 1 saturated heterocycles. The molecule has 3 N–H and O–H groups in total. The highest BCUT2D eigenvalue weighted by Gasteiger charge is 2.30. The largest absolute Gasteiger partial charge is 0.398 e. The summed E-state index contributed by atoms with van der Waals surface area (Å²) in [6, 6.07) is 28.9. The molecule has 3 aromatic carbocycles. The molecule has 0 bridgehead atoms. The van der Waals surface area contributed by atoms with Gasteiger partial charge in [-0.05, 0) is 93.2 Å². The van der Waals surface area contributed by atoms with E-state index in [-0.39, 0.29) is 16.6 Å². The van der Waals surface area contributed by atoms with E-state index in [9.17, 15) is 4.79 Å². The van der Waals surface area contributed by atoms with E-state index in [0.29, 0.717) is 23.7 Å². The summed E-state index contributed by atoms with van der Waals surface area (Å²) in [4.78, 5) is 16.3. The normalized spacial score (nSPS) is 18.3. The van der Waals surface area contributed by atoms with E-state index in [1.807, 2.05) is 12.1 Å². The van der Waals surface area contributed by atoms with Crippen molar-refractivity contribution >= 4 is 33.3 Å². The zero-order valence-electron chi connectivity index (χ0n) is 21.3. The van der Waals surface area contributed by atoms with Gasteiger partial charge in [0, 0.05) is 28.7 Å². The summed E-state index contributed by atoms with van der Waals surface area (Å²) >= 11 is 0. The van der Waals surface area contributed by atoms with Gasteiger partial charge in [-0.2, -0.15) is 0 Å². The number of allylic oxidation sites excluding steroid dienone is 2. The van der Waals surface area contributed by atoms with E-state index in [0.717, 1.165) is 32.5 Å². The molecule has 0 saturated carbocycles. The molecule has 2 aliphatic heterocycles. The number of benzene rings is 3. The second-order valence-electron chi connectivity index (χ2n) is 9.65. The minimum Gasteiger partial charge on any atom is -0.398 e. The molecular weight excluding hydrogens is 476 g/mol. The Kier molecular flexibility index (Phi) is 8.39. The van der Waals surface area contributed by atoms with Crippen molar-refractivity contribution in [1.82, 2.24) is 10.2 Å². The highest BCUT2D eigenvalue weighted by Crippen LogP contribution is 2.45. The van der Waals surface area contributed by atoms with Gasteiger partial charge in [0.05, 0.1) is 11.3 Å². The Labute approximate surface area is 223 Å². The SMILES string of the molecule is Nc1ccccc1C(=O)NCCCCN1CCC(C2=CC=S(c3ccccc3)N2c2ccccc2)CC1. The first-order valence-corrected chi connectivity index (χ1v) is 14.5. The summed E-state index contributed by atoms with van der Waals surface area (Å²) in [6.07, 6.45) is 6.79. The van der Waals surface area contributed by atoms with Gasteiger partial charge in [0.25, 0.3) is 5.91 Å². The zero-order chi connectivity index (χ0) is 25.5. The van der Waals surface area contributed by atoms with Crippen LogP contribution >= 0.6 is 10.7 Å². The number of para-hydroxylation sites is 2. The lowest BCUT2D eigenvalue weighted by Gasteiger charge is -2.37. The molecule has 6 heteroatoms. The van der Waals surface area contributed by atoms with Crippen molar-refractivity contribution in [3.05, 3.63) is 102 Å². The molecule has 192 valence electrons. The van der Waals surface area contributed by atoms with Crippen LogP contribution in [0, 0.1) is 5.92 Å². The van der Waals surface area contributed by atoms with Crippen LogP contribution in [-0.2, 0) is 0 Å². The van der Waals surface area contributed by atoms with E-state index < -0.39 is 0 Å². The molecule has 0 spiro atoms. The first-order chi connectivity index (χ1) is 18.2.